The molecule has 0 amide bonds. The predicted octanol–water partition coefficient (Wildman–Crippen LogP) is 2.79. The van der Waals surface area contributed by atoms with Crippen LogP contribution in [-0.4, -0.2) is 10.1 Å². The number of non-ortho nitro benzene ring substituents is 1. The van der Waals surface area contributed by atoms with Crippen molar-refractivity contribution in [2.24, 2.45) is 0 Å². The molecule has 2 rings (SSSR count). The van der Waals surface area contributed by atoms with Crippen LogP contribution < -0.4 is 5.73 Å². The van der Waals surface area contributed by atoms with Gasteiger partial charge in [-0.15, -0.1) is 0 Å². The molecule has 2 aromatic rings. The minimum atomic E-state index is -0.482. The number of nitrogens with two attached hydrogens (primary N) is 1. The fourth-order valence-electron chi connectivity index (χ4n) is 1.47. The van der Waals surface area contributed by atoms with E-state index in [1.54, 1.807) is 13.0 Å². The van der Waals surface area contributed by atoms with Crippen molar-refractivity contribution < 1.29 is 9.45 Å². The number of hydrogen-bond acceptors (Lipinski definition) is 5. The minimum absolute atomic E-state index is 0.0361. The number of nitro benzene ring substituents is 1. The third-order valence-corrected chi connectivity index (χ3v) is 2.56. The zero-order chi connectivity index (χ0) is 12.6. The first-order chi connectivity index (χ1) is 7.99. The molecular weight excluding hydrogens is 246 g/mol. The summed E-state index contributed by atoms with van der Waals surface area (Å²) in [4.78, 5) is 10.2. The predicted molar refractivity (Wildman–Crippen MR) is 62.8 cm³/mol. The van der Waals surface area contributed by atoms with Crippen LogP contribution in [0.3, 0.4) is 0 Å². The van der Waals surface area contributed by atoms with Crippen molar-refractivity contribution in [1.82, 2.24) is 5.16 Å². The quantitative estimate of drug-likeness (QED) is 0.656. The second kappa shape index (κ2) is 4.06. The molecule has 17 heavy (non-hydrogen) atoms. The number of anilines is 1. The van der Waals surface area contributed by atoms with E-state index < -0.39 is 4.92 Å². The topological polar surface area (TPSA) is 95.2 Å². The lowest BCUT2D eigenvalue weighted by Crippen LogP contribution is -1.90. The Morgan fingerprint density at radius 3 is 2.71 bits per heavy atom. The van der Waals surface area contributed by atoms with Gasteiger partial charge in [-0.3, -0.25) is 10.1 Å². The largest absolute Gasteiger partial charge is 0.380 e. The summed E-state index contributed by atoms with van der Waals surface area (Å²) in [6.07, 6.45) is 0. The number of aromatic nitrogens is 1. The lowest BCUT2D eigenvalue weighted by molar-refractivity contribution is -0.384. The zero-order valence-corrected chi connectivity index (χ0v) is 9.56. The average Bonchev–Trinajstić information content (AvgIpc) is 2.59. The zero-order valence-electron chi connectivity index (χ0n) is 8.81. The van der Waals surface area contributed by atoms with Gasteiger partial charge in [-0.2, -0.15) is 0 Å². The van der Waals surface area contributed by atoms with E-state index in [0.717, 1.165) is 5.56 Å². The Hall–Kier alpha value is -2.08. The molecule has 0 fully saturated rings. The molecule has 0 spiro atoms. The number of nitro groups is 1. The van der Waals surface area contributed by atoms with Crippen molar-refractivity contribution >= 4 is 23.1 Å². The van der Waals surface area contributed by atoms with Gasteiger partial charge < -0.3 is 10.3 Å². The van der Waals surface area contributed by atoms with Gasteiger partial charge in [0.05, 0.1) is 4.92 Å². The number of aryl methyl sites for hydroxylation is 1. The summed E-state index contributed by atoms with van der Waals surface area (Å²) in [5.41, 5.74) is 6.61. The first kappa shape index (κ1) is 11.4. The van der Waals surface area contributed by atoms with Gasteiger partial charge in [-0.1, -0.05) is 16.8 Å². The maximum absolute atomic E-state index is 10.7. The van der Waals surface area contributed by atoms with Gasteiger partial charge in [-0.25, -0.2) is 0 Å². The molecule has 0 saturated heterocycles. The average molecular weight is 254 g/mol. The molecule has 0 bridgehead atoms. The Kier molecular flexibility index (Phi) is 2.72. The van der Waals surface area contributed by atoms with E-state index in [-0.39, 0.29) is 22.3 Å². The molecule has 0 aliphatic rings. The maximum Gasteiger partial charge on any atom is 0.270 e. The molecule has 1 heterocycles. The third-order valence-electron chi connectivity index (χ3n) is 2.19. The first-order valence-electron chi connectivity index (χ1n) is 4.66. The van der Waals surface area contributed by atoms with Gasteiger partial charge in [0.2, 0.25) is 0 Å². The first-order valence-corrected chi connectivity index (χ1v) is 5.04. The lowest BCUT2D eigenvalue weighted by atomic mass is 10.1. The fraction of sp³-hybridized carbons (Fsp3) is 0.100. The van der Waals surface area contributed by atoms with E-state index in [2.05, 4.69) is 5.16 Å². The number of nitrogens with zero attached hydrogens (tertiary/aromatic N) is 2. The van der Waals surface area contributed by atoms with Crippen LogP contribution in [0.1, 0.15) is 5.56 Å². The molecule has 1 aromatic carbocycles. The highest BCUT2D eigenvalue weighted by Gasteiger charge is 2.17. The second-order valence-corrected chi connectivity index (χ2v) is 3.90. The van der Waals surface area contributed by atoms with Crippen LogP contribution in [-0.2, 0) is 0 Å². The highest BCUT2D eigenvalue weighted by atomic mass is 35.5. The highest BCUT2D eigenvalue weighted by Crippen LogP contribution is 2.34. The molecular formula is C10H8ClN3O3. The third kappa shape index (κ3) is 2.07. The van der Waals surface area contributed by atoms with Crippen LogP contribution in [0.15, 0.2) is 22.7 Å². The van der Waals surface area contributed by atoms with Crippen LogP contribution in [0.5, 0.6) is 0 Å². The van der Waals surface area contributed by atoms with Gasteiger partial charge in [0.15, 0.2) is 11.6 Å². The number of rotatable bonds is 2. The Bertz CT molecular complexity index is 594. The molecule has 0 unspecified atom stereocenters. The van der Waals surface area contributed by atoms with E-state index in [1.165, 1.54) is 12.1 Å². The smallest absolute Gasteiger partial charge is 0.270 e. The Morgan fingerprint density at radius 2 is 2.18 bits per heavy atom. The van der Waals surface area contributed by atoms with Crippen molar-refractivity contribution in [2.75, 3.05) is 5.73 Å². The van der Waals surface area contributed by atoms with E-state index in [4.69, 9.17) is 21.9 Å². The molecule has 7 heteroatoms. The molecule has 1 aromatic heterocycles. The summed E-state index contributed by atoms with van der Waals surface area (Å²) in [6.45, 7) is 1.74. The van der Waals surface area contributed by atoms with Crippen LogP contribution in [0.4, 0.5) is 11.5 Å². The molecule has 2 N–H and O–H groups in total. The van der Waals surface area contributed by atoms with E-state index in [1.807, 2.05) is 0 Å². The molecule has 88 valence electrons. The standard InChI is InChI=1S/C10H8ClN3O3/c1-5-2-6(4-7(3-5)14(15)16)9-8(11)10(12)13-17-9/h2-4H,1H3,(H2,12,13). The molecule has 6 nitrogen and oxygen atoms in total. The normalized spacial score (nSPS) is 10.5. The summed E-state index contributed by atoms with van der Waals surface area (Å²) in [5.74, 6) is 0.293. The number of hydrogen-bond donors (Lipinski definition) is 1. The molecule has 0 saturated carbocycles. The van der Waals surface area contributed by atoms with Crippen molar-refractivity contribution in [1.29, 1.82) is 0 Å². The minimum Gasteiger partial charge on any atom is -0.380 e. The van der Waals surface area contributed by atoms with Crippen molar-refractivity contribution in [3.8, 4) is 11.3 Å². The summed E-state index contributed by atoms with van der Waals surface area (Å²) in [7, 11) is 0. The number of nitrogen functional groups attached to an aromatic ring is 1. The van der Waals surface area contributed by atoms with Crippen molar-refractivity contribution in [3.63, 3.8) is 0 Å². The molecule has 0 radical (unpaired) electrons. The van der Waals surface area contributed by atoms with Gasteiger partial charge >= 0.3 is 0 Å². The number of halogens is 1. The van der Waals surface area contributed by atoms with Gasteiger partial charge in [0.1, 0.15) is 5.02 Å². The van der Waals surface area contributed by atoms with Gasteiger partial charge in [0, 0.05) is 17.7 Å². The molecule has 0 atom stereocenters. The summed E-state index contributed by atoms with van der Waals surface area (Å²) < 4.78 is 4.94. The van der Waals surface area contributed by atoms with Crippen molar-refractivity contribution in [2.45, 2.75) is 6.92 Å². The number of benzene rings is 1. The molecule has 0 aliphatic heterocycles. The summed E-state index contributed by atoms with van der Waals surface area (Å²) in [6, 6.07) is 4.52. The van der Waals surface area contributed by atoms with E-state index >= 15 is 0 Å². The van der Waals surface area contributed by atoms with Crippen LogP contribution in [0.2, 0.25) is 5.02 Å². The van der Waals surface area contributed by atoms with E-state index in [0.29, 0.717) is 5.56 Å². The Balaban J connectivity index is 2.60. The molecule has 0 aliphatic carbocycles. The van der Waals surface area contributed by atoms with Gasteiger partial charge in [0.25, 0.3) is 5.69 Å². The van der Waals surface area contributed by atoms with Gasteiger partial charge in [-0.05, 0) is 18.6 Å². The van der Waals surface area contributed by atoms with Crippen LogP contribution in [0.25, 0.3) is 11.3 Å². The highest BCUT2D eigenvalue weighted by molar-refractivity contribution is 6.35. The monoisotopic (exact) mass is 253 g/mol. The Labute approximate surface area is 101 Å². The van der Waals surface area contributed by atoms with Crippen LogP contribution >= 0.6 is 11.6 Å². The lowest BCUT2D eigenvalue weighted by Gasteiger charge is -1.99. The summed E-state index contributed by atoms with van der Waals surface area (Å²) in [5, 5.41) is 14.4. The fourth-order valence-corrected chi connectivity index (χ4v) is 1.65. The second-order valence-electron chi connectivity index (χ2n) is 3.53. The van der Waals surface area contributed by atoms with E-state index in [9.17, 15) is 10.1 Å². The Morgan fingerprint density at radius 1 is 1.47 bits per heavy atom. The van der Waals surface area contributed by atoms with Crippen LogP contribution in [0, 0.1) is 17.0 Å². The SMILES string of the molecule is Cc1cc(-c2onc(N)c2Cl)cc([N+](=O)[O-])c1. The summed E-state index contributed by atoms with van der Waals surface area (Å²) >= 11 is 5.88. The maximum atomic E-state index is 10.7. The van der Waals surface area contributed by atoms with Crippen molar-refractivity contribution in [3.05, 3.63) is 38.9 Å².